The predicted molar refractivity (Wildman–Crippen MR) is 97.1 cm³/mol. The van der Waals surface area contributed by atoms with Gasteiger partial charge in [0.2, 0.25) is 5.91 Å². The van der Waals surface area contributed by atoms with Gasteiger partial charge in [-0.2, -0.15) is 0 Å². The minimum absolute atomic E-state index is 0.0145. The van der Waals surface area contributed by atoms with Crippen LogP contribution in [-0.4, -0.2) is 35.4 Å². The van der Waals surface area contributed by atoms with Crippen molar-refractivity contribution in [2.24, 2.45) is 5.73 Å². The van der Waals surface area contributed by atoms with Crippen LogP contribution in [0.5, 0.6) is 0 Å². The van der Waals surface area contributed by atoms with Gasteiger partial charge in [-0.1, -0.05) is 6.07 Å². The number of carbonyl (C=O) groups excluding carboxylic acids is 2. The summed E-state index contributed by atoms with van der Waals surface area (Å²) in [4.78, 5) is 28.2. The first kappa shape index (κ1) is 17.4. The summed E-state index contributed by atoms with van der Waals surface area (Å²) in [5.74, 6) is -0.0324. The lowest BCUT2D eigenvalue weighted by atomic mass is 9.91. The number of hydrogen-bond acceptors (Lipinski definition) is 4. The summed E-state index contributed by atoms with van der Waals surface area (Å²) >= 11 is 0. The molecule has 0 atom stereocenters. The summed E-state index contributed by atoms with van der Waals surface area (Å²) in [6, 6.07) is 7.90. The summed E-state index contributed by atoms with van der Waals surface area (Å²) in [6.45, 7) is 0.374. The van der Waals surface area contributed by atoms with Gasteiger partial charge < -0.3 is 16.4 Å². The van der Waals surface area contributed by atoms with E-state index in [1.165, 1.54) is 0 Å². The number of benzene rings is 1. The highest BCUT2D eigenvalue weighted by Crippen LogP contribution is 2.20. The first-order chi connectivity index (χ1) is 12.2. The Labute approximate surface area is 147 Å². The van der Waals surface area contributed by atoms with Crippen molar-refractivity contribution in [1.29, 1.82) is 0 Å². The maximum absolute atomic E-state index is 12.5. The van der Waals surface area contributed by atoms with Gasteiger partial charge in [0.05, 0.1) is 0 Å². The molecule has 0 unspecified atom stereocenters. The van der Waals surface area contributed by atoms with Gasteiger partial charge in [-0.3, -0.25) is 14.6 Å². The molecule has 1 aromatic carbocycles. The third-order valence-corrected chi connectivity index (χ3v) is 4.70. The fourth-order valence-electron chi connectivity index (χ4n) is 3.31. The highest BCUT2D eigenvalue weighted by Gasteiger charge is 2.23. The summed E-state index contributed by atoms with van der Waals surface area (Å²) in [6.07, 6.45) is 7.39. The zero-order valence-corrected chi connectivity index (χ0v) is 14.2. The lowest BCUT2D eigenvalue weighted by Gasteiger charge is -2.29. The molecule has 2 aromatic rings. The van der Waals surface area contributed by atoms with E-state index in [4.69, 9.17) is 5.73 Å². The van der Waals surface area contributed by atoms with E-state index >= 15 is 0 Å². The van der Waals surface area contributed by atoms with E-state index in [0.717, 1.165) is 36.5 Å². The monoisotopic (exact) mass is 340 g/mol. The molecule has 6 nitrogen and oxygen atoms in total. The van der Waals surface area contributed by atoms with Crippen molar-refractivity contribution in [3.63, 3.8) is 0 Å². The van der Waals surface area contributed by atoms with Crippen LogP contribution < -0.4 is 16.4 Å². The molecular formula is C19H24N4O2. The van der Waals surface area contributed by atoms with Crippen molar-refractivity contribution in [1.82, 2.24) is 15.6 Å². The second kappa shape index (κ2) is 8.07. The molecule has 0 saturated heterocycles. The molecule has 6 heteroatoms. The van der Waals surface area contributed by atoms with Crippen molar-refractivity contribution in [3.05, 3.63) is 42.2 Å². The fourth-order valence-corrected chi connectivity index (χ4v) is 3.31. The van der Waals surface area contributed by atoms with Crippen LogP contribution in [0.3, 0.4) is 0 Å². The zero-order valence-electron chi connectivity index (χ0n) is 14.2. The third kappa shape index (κ3) is 4.54. The highest BCUT2D eigenvalue weighted by atomic mass is 16.2. The van der Waals surface area contributed by atoms with E-state index in [1.54, 1.807) is 12.4 Å². The van der Waals surface area contributed by atoms with Crippen LogP contribution in [0.4, 0.5) is 0 Å². The van der Waals surface area contributed by atoms with Crippen LogP contribution in [0.2, 0.25) is 0 Å². The maximum atomic E-state index is 12.5. The van der Waals surface area contributed by atoms with Crippen LogP contribution in [-0.2, 0) is 4.79 Å². The van der Waals surface area contributed by atoms with E-state index in [0.29, 0.717) is 18.5 Å². The number of fused-ring (bicyclic) bond motifs is 1. The van der Waals surface area contributed by atoms with Gasteiger partial charge in [0.1, 0.15) is 0 Å². The van der Waals surface area contributed by atoms with Crippen molar-refractivity contribution >= 4 is 22.6 Å². The number of rotatable bonds is 5. The summed E-state index contributed by atoms with van der Waals surface area (Å²) in [7, 11) is 0. The van der Waals surface area contributed by atoms with Crippen molar-refractivity contribution in [2.75, 3.05) is 6.54 Å². The highest BCUT2D eigenvalue weighted by molar-refractivity contribution is 5.98. The topological polar surface area (TPSA) is 97.1 Å². The molecule has 1 aromatic heterocycles. The Morgan fingerprint density at radius 2 is 1.76 bits per heavy atom. The molecule has 3 rings (SSSR count). The molecule has 0 spiro atoms. The van der Waals surface area contributed by atoms with Crippen molar-refractivity contribution < 1.29 is 9.59 Å². The van der Waals surface area contributed by atoms with Gasteiger partial charge in [-0.15, -0.1) is 0 Å². The van der Waals surface area contributed by atoms with E-state index < -0.39 is 0 Å². The summed E-state index contributed by atoms with van der Waals surface area (Å²) < 4.78 is 0. The van der Waals surface area contributed by atoms with Crippen LogP contribution in [0.15, 0.2) is 36.7 Å². The smallest absolute Gasteiger partial charge is 0.251 e. The van der Waals surface area contributed by atoms with E-state index in [2.05, 4.69) is 15.6 Å². The number of hydrogen-bond donors (Lipinski definition) is 3. The van der Waals surface area contributed by atoms with Crippen molar-refractivity contribution in [2.45, 2.75) is 44.2 Å². The molecular weight excluding hydrogens is 316 g/mol. The molecule has 4 N–H and O–H groups in total. The lowest BCUT2D eigenvalue weighted by Crippen LogP contribution is -2.44. The van der Waals surface area contributed by atoms with Gasteiger partial charge >= 0.3 is 0 Å². The summed E-state index contributed by atoms with van der Waals surface area (Å²) in [5, 5.41) is 8.15. The molecule has 1 fully saturated rings. The molecule has 132 valence electrons. The van der Waals surface area contributed by atoms with Gasteiger partial charge in [-0.05, 0) is 49.3 Å². The average Bonchev–Trinajstić information content (AvgIpc) is 2.63. The number of aromatic nitrogens is 1. The SMILES string of the molecule is NCCC(=O)NC1CCC(NC(=O)c2ccc3cnccc3c2)CC1. The average molecular weight is 340 g/mol. The molecule has 2 amide bonds. The molecule has 25 heavy (non-hydrogen) atoms. The van der Waals surface area contributed by atoms with E-state index in [1.807, 2.05) is 24.3 Å². The Kier molecular flexibility index (Phi) is 5.60. The molecule has 0 radical (unpaired) electrons. The van der Waals surface area contributed by atoms with Gasteiger partial charge in [0, 0.05) is 48.4 Å². The van der Waals surface area contributed by atoms with E-state index in [-0.39, 0.29) is 23.9 Å². The quantitative estimate of drug-likeness (QED) is 0.772. The number of nitrogens with one attached hydrogen (secondary N) is 2. The Morgan fingerprint density at radius 1 is 1.04 bits per heavy atom. The molecule has 1 heterocycles. The largest absolute Gasteiger partial charge is 0.353 e. The second-order valence-corrected chi connectivity index (χ2v) is 6.57. The van der Waals surface area contributed by atoms with Gasteiger partial charge in [0.25, 0.3) is 5.91 Å². The molecule has 1 saturated carbocycles. The van der Waals surface area contributed by atoms with Crippen molar-refractivity contribution in [3.8, 4) is 0 Å². The maximum Gasteiger partial charge on any atom is 0.251 e. The minimum atomic E-state index is -0.0469. The van der Waals surface area contributed by atoms with Crippen LogP contribution >= 0.6 is 0 Å². The Morgan fingerprint density at radius 3 is 2.48 bits per heavy atom. The lowest BCUT2D eigenvalue weighted by molar-refractivity contribution is -0.121. The first-order valence-corrected chi connectivity index (χ1v) is 8.80. The van der Waals surface area contributed by atoms with Crippen LogP contribution in [0, 0.1) is 0 Å². The predicted octanol–water partition coefficient (Wildman–Crippen LogP) is 1.74. The number of nitrogens with two attached hydrogens (primary N) is 1. The molecule has 0 aliphatic heterocycles. The Balaban J connectivity index is 1.52. The van der Waals surface area contributed by atoms with Gasteiger partial charge in [0.15, 0.2) is 0 Å². The molecule has 0 bridgehead atoms. The zero-order chi connectivity index (χ0) is 17.6. The number of amides is 2. The first-order valence-electron chi connectivity index (χ1n) is 8.80. The molecule has 1 aliphatic carbocycles. The Hall–Kier alpha value is -2.47. The third-order valence-electron chi connectivity index (χ3n) is 4.70. The Bertz CT molecular complexity index is 754. The van der Waals surface area contributed by atoms with Crippen LogP contribution in [0.1, 0.15) is 42.5 Å². The molecule has 1 aliphatic rings. The number of nitrogens with zero attached hydrogens (tertiary/aromatic N) is 1. The summed E-state index contributed by atoms with van der Waals surface area (Å²) in [5.41, 5.74) is 6.05. The fraction of sp³-hybridized carbons (Fsp3) is 0.421. The van der Waals surface area contributed by atoms with E-state index in [9.17, 15) is 9.59 Å². The normalized spacial score (nSPS) is 20.2. The van der Waals surface area contributed by atoms with Crippen LogP contribution in [0.25, 0.3) is 10.8 Å². The van der Waals surface area contributed by atoms with Gasteiger partial charge in [-0.25, -0.2) is 0 Å². The number of carbonyl (C=O) groups is 2. The standard InChI is InChI=1S/C19H24N4O2/c20-9-7-18(24)22-16-3-5-17(6-4-16)23-19(25)14-1-2-15-12-21-10-8-13(15)11-14/h1-2,8,10-12,16-17H,3-7,9,20H2,(H,22,24)(H,23,25). The second-order valence-electron chi connectivity index (χ2n) is 6.57. The number of pyridine rings is 1. The minimum Gasteiger partial charge on any atom is -0.353 e.